The van der Waals surface area contributed by atoms with Gasteiger partial charge in [-0.15, -0.1) is 0 Å². The Hall–Kier alpha value is -1.59. The van der Waals surface area contributed by atoms with Crippen molar-refractivity contribution in [2.75, 3.05) is 19.0 Å². The summed E-state index contributed by atoms with van der Waals surface area (Å²) in [5.74, 6) is -0.762. The molecule has 0 spiro atoms. The zero-order valence-electron chi connectivity index (χ0n) is 12.5. The number of benzene rings is 1. The third kappa shape index (κ3) is 3.74. The number of anilines is 1. The van der Waals surface area contributed by atoms with Crippen LogP contribution in [0.3, 0.4) is 0 Å². The van der Waals surface area contributed by atoms with Gasteiger partial charge in [0.1, 0.15) is 0 Å². The fourth-order valence-electron chi connectivity index (χ4n) is 2.11. The van der Waals surface area contributed by atoms with Gasteiger partial charge in [0, 0.05) is 11.6 Å². The molecule has 0 saturated carbocycles. The van der Waals surface area contributed by atoms with Crippen LogP contribution in [0.15, 0.2) is 18.2 Å². The molecule has 0 aliphatic rings. The Morgan fingerprint density at radius 3 is 2.43 bits per heavy atom. The number of hydrogen-bond donors (Lipinski definition) is 2. The van der Waals surface area contributed by atoms with Crippen LogP contribution in [0.2, 0.25) is 5.02 Å². The average Bonchev–Trinajstić information content (AvgIpc) is 2.50. The Morgan fingerprint density at radius 2 is 1.95 bits per heavy atom. The van der Waals surface area contributed by atoms with Crippen molar-refractivity contribution in [1.29, 1.82) is 0 Å². The maximum absolute atomic E-state index is 12.5. The summed E-state index contributed by atoms with van der Waals surface area (Å²) in [5.41, 5.74) is 5.70. The van der Waals surface area contributed by atoms with Gasteiger partial charge >= 0.3 is 5.97 Å². The van der Waals surface area contributed by atoms with Crippen LogP contribution < -0.4 is 11.1 Å². The number of nitrogens with one attached hydrogen (secondary N) is 1. The van der Waals surface area contributed by atoms with Gasteiger partial charge in [-0.2, -0.15) is 0 Å². The largest absolute Gasteiger partial charge is 0.465 e. The van der Waals surface area contributed by atoms with Crippen molar-refractivity contribution in [1.82, 2.24) is 0 Å². The van der Waals surface area contributed by atoms with Gasteiger partial charge in [-0.3, -0.25) is 4.79 Å². The molecular weight excluding hydrogens is 292 g/mol. The molecule has 3 N–H and O–H groups in total. The van der Waals surface area contributed by atoms with E-state index in [1.807, 2.05) is 13.8 Å². The predicted molar refractivity (Wildman–Crippen MR) is 83.5 cm³/mol. The quantitative estimate of drug-likeness (QED) is 0.791. The highest BCUT2D eigenvalue weighted by Crippen LogP contribution is 2.29. The molecule has 0 unspecified atom stereocenters. The Morgan fingerprint density at radius 1 is 1.33 bits per heavy atom. The van der Waals surface area contributed by atoms with Crippen molar-refractivity contribution in [3.63, 3.8) is 0 Å². The van der Waals surface area contributed by atoms with Crippen molar-refractivity contribution in [3.05, 3.63) is 28.8 Å². The highest BCUT2D eigenvalue weighted by Gasteiger charge is 2.34. The summed E-state index contributed by atoms with van der Waals surface area (Å²) in [6.45, 7) is 4.07. The van der Waals surface area contributed by atoms with Gasteiger partial charge in [-0.1, -0.05) is 25.4 Å². The van der Waals surface area contributed by atoms with E-state index in [4.69, 9.17) is 22.1 Å². The van der Waals surface area contributed by atoms with Gasteiger partial charge in [0.25, 0.3) is 0 Å². The molecule has 116 valence electrons. The van der Waals surface area contributed by atoms with Crippen molar-refractivity contribution in [3.8, 4) is 0 Å². The molecule has 0 aliphatic heterocycles. The second-order valence-electron chi connectivity index (χ2n) is 4.83. The van der Waals surface area contributed by atoms with Crippen LogP contribution in [0.25, 0.3) is 0 Å². The zero-order valence-corrected chi connectivity index (χ0v) is 13.3. The van der Waals surface area contributed by atoms with Crippen LogP contribution in [-0.2, 0) is 9.53 Å². The zero-order chi connectivity index (χ0) is 16.0. The highest BCUT2D eigenvalue weighted by molar-refractivity contribution is 6.31. The number of halogens is 1. The molecule has 5 nitrogen and oxygen atoms in total. The normalized spacial score (nSPS) is 11.1. The molecule has 6 heteroatoms. The lowest BCUT2D eigenvalue weighted by Crippen LogP contribution is -2.41. The Kier molecular flexibility index (Phi) is 6.18. The molecule has 1 aromatic rings. The van der Waals surface area contributed by atoms with E-state index in [2.05, 4.69) is 5.32 Å². The third-order valence-corrected chi connectivity index (χ3v) is 4.10. The minimum absolute atomic E-state index is 0.206. The number of ether oxygens (including phenoxy) is 1. The molecule has 0 atom stereocenters. The third-order valence-electron chi connectivity index (χ3n) is 3.86. The van der Waals surface area contributed by atoms with E-state index >= 15 is 0 Å². The smallest absolute Gasteiger partial charge is 0.340 e. The molecule has 1 amide bonds. The molecule has 1 aromatic carbocycles. The molecular formula is C15H21ClN2O3. The van der Waals surface area contributed by atoms with Crippen LogP contribution in [0.5, 0.6) is 0 Å². The summed E-state index contributed by atoms with van der Waals surface area (Å²) in [7, 11) is 1.27. The van der Waals surface area contributed by atoms with E-state index < -0.39 is 11.4 Å². The molecule has 0 heterocycles. The van der Waals surface area contributed by atoms with Crippen LogP contribution in [0, 0.1) is 5.41 Å². The average molecular weight is 313 g/mol. The van der Waals surface area contributed by atoms with Crippen LogP contribution in [0.1, 0.15) is 37.0 Å². The van der Waals surface area contributed by atoms with Gasteiger partial charge in [-0.25, -0.2) is 4.79 Å². The Bertz CT molecular complexity index is 519. The van der Waals surface area contributed by atoms with E-state index in [0.29, 0.717) is 23.6 Å². The molecule has 0 bridgehead atoms. The minimum atomic E-state index is -0.646. The number of carbonyl (C=O) groups is 2. The fourth-order valence-corrected chi connectivity index (χ4v) is 2.28. The molecule has 0 radical (unpaired) electrons. The lowest BCUT2D eigenvalue weighted by Gasteiger charge is -2.28. The summed E-state index contributed by atoms with van der Waals surface area (Å²) in [5, 5.41) is 3.16. The van der Waals surface area contributed by atoms with Gasteiger partial charge in [-0.05, 0) is 31.0 Å². The second kappa shape index (κ2) is 7.43. The maximum Gasteiger partial charge on any atom is 0.340 e. The lowest BCUT2D eigenvalue weighted by molar-refractivity contribution is -0.125. The van der Waals surface area contributed by atoms with Crippen molar-refractivity contribution in [2.24, 2.45) is 11.1 Å². The molecule has 0 aliphatic carbocycles. The number of esters is 1. The van der Waals surface area contributed by atoms with E-state index in [1.54, 1.807) is 12.1 Å². The molecule has 0 aromatic heterocycles. The number of rotatable bonds is 6. The van der Waals surface area contributed by atoms with Gasteiger partial charge < -0.3 is 15.8 Å². The monoisotopic (exact) mass is 312 g/mol. The topological polar surface area (TPSA) is 81.4 Å². The molecule has 21 heavy (non-hydrogen) atoms. The second-order valence-corrected chi connectivity index (χ2v) is 5.26. The number of nitrogens with two attached hydrogens (primary N) is 1. The van der Waals surface area contributed by atoms with E-state index in [9.17, 15) is 9.59 Å². The minimum Gasteiger partial charge on any atom is -0.465 e. The van der Waals surface area contributed by atoms with Crippen LogP contribution in [0.4, 0.5) is 5.69 Å². The molecule has 0 saturated heterocycles. The van der Waals surface area contributed by atoms with Crippen molar-refractivity contribution < 1.29 is 14.3 Å². The summed E-state index contributed by atoms with van der Waals surface area (Å²) < 4.78 is 4.70. The molecule has 0 fully saturated rings. The van der Waals surface area contributed by atoms with E-state index in [0.717, 1.165) is 0 Å². The first-order valence-electron chi connectivity index (χ1n) is 6.83. The number of methoxy groups -OCH3 is 1. The van der Waals surface area contributed by atoms with Gasteiger partial charge in [0.2, 0.25) is 5.91 Å². The summed E-state index contributed by atoms with van der Waals surface area (Å²) in [4.78, 5) is 24.3. The van der Waals surface area contributed by atoms with Crippen molar-refractivity contribution >= 4 is 29.2 Å². The first-order valence-corrected chi connectivity index (χ1v) is 7.21. The van der Waals surface area contributed by atoms with Crippen LogP contribution in [-0.4, -0.2) is 25.5 Å². The first kappa shape index (κ1) is 17.5. The summed E-state index contributed by atoms with van der Waals surface area (Å²) in [6.07, 6.45) is 1.24. The maximum atomic E-state index is 12.5. The number of amides is 1. The van der Waals surface area contributed by atoms with E-state index in [1.165, 1.54) is 13.2 Å². The Balaban J connectivity index is 3.13. The lowest BCUT2D eigenvalue weighted by atomic mass is 9.81. The molecule has 1 rings (SSSR count). The number of hydrogen-bond acceptors (Lipinski definition) is 4. The van der Waals surface area contributed by atoms with Gasteiger partial charge in [0.05, 0.1) is 23.8 Å². The first-order chi connectivity index (χ1) is 9.93. The summed E-state index contributed by atoms with van der Waals surface area (Å²) in [6, 6.07) is 4.65. The summed E-state index contributed by atoms with van der Waals surface area (Å²) >= 11 is 5.89. The number of carbonyl (C=O) groups excluding carboxylic acids is 2. The van der Waals surface area contributed by atoms with Gasteiger partial charge in [0.15, 0.2) is 0 Å². The van der Waals surface area contributed by atoms with E-state index in [-0.39, 0.29) is 18.0 Å². The van der Waals surface area contributed by atoms with Crippen molar-refractivity contribution in [2.45, 2.75) is 26.7 Å². The highest BCUT2D eigenvalue weighted by atomic mass is 35.5. The van der Waals surface area contributed by atoms with Crippen LogP contribution >= 0.6 is 11.6 Å². The SMILES string of the molecule is CCC(CC)(CN)C(=O)Nc1ccc(Cl)cc1C(=O)OC. The fraction of sp³-hybridized carbons (Fsp3) is 0.467. The standard InChI is InChI=1S/C15H21ClN2O3/c1-4-15(5-2,9-17)14(20)18-12-7-6-10(16)8-11(12)13(19)21-3/h6-8H,4-5,9,17H2,1-3H3,(H,18,20). The predicted octanol–water partition coefficient (Wildman–Crippen LogP) is 2.83. The Labute approximate surface area is 129 Å².